The van der Waals surface area contributed by atoms with Gasteiger partial charge >= 0.3 is 0 Å². The van der Waals surface area contributed by atoms with Crippen LogP contribution in [0.25, 0.3) is 0 Å². The van der Waals surface area contributed by atoms with Crippen LogP contribution in [0.5, 0.6) is 11.5 Å². The average molecular weight is 288 g/mol. The van der Waals surface area contributed by atoms with Gasteiger partial charge in [0.15, 0.2) is 11.5 Å². The van der Waals surface area contributed by atoms with Crippen molar-refractivity contribution < 1.29 is 14.3 Å². The molecule has 2 aromatic rings. The summed E-state index contributed by atoms with van der Waals surface area (Å²) >= 11 is 0. The second-order valence-electron chi connectivity index (χ2n) is 4.35. The Morgan fingerprint density at radius 2 is 1.81 bits per heavy atom. The number of nitrogens with zero attached hydrogens (tertiary/aromatic N) is 1. The van der Waals surface area contributed by atoms with Gasteiger partial charge in [0.25, 0.3) is 5.91 Å². The number of pyridine rings is 1. The average Bonchev–Trinajstić information content (AvgIpc) is 2.53. The van der Waals surface area contributed by atoms with E-state index >= 15 is 0 Å². The van der Waals surface area contributed by atoms with E-state index in [1.807, 2.05) is 0 Å². The highest BCUT2D eigenvalue weighted by Crippen LogP contribution is 2.31. The molecule has 1 amide bonds. The SMILES string of the molecule is COc1ccc(N(C)C(=O)c2ccc(=O)[nH]c2)cc1OC. The molecule has 0 unspecified atom stereocenters. The van der Waals surface area contributed by atoms with Crippen LogP contribution in [0, 0.1) is 0 Å². The zero-order valence-corrected chi connectivity index (χ0v) is 12.0. The van der Waals surface area contributed by atoms with E-state index in [1.165, 1.54) is 30.3 Å². The van der Waals surface area contributed by atoms with Crippen LogP contribution in [0.15, 0.2) is 41.3 Å². The largest absolute Gasteiger partial charge is 0.493 e. The Labute approximate surface area is 121 Å². The van der Waals surface area contributed by atoms with Crippen molar-refractivity contribution in [3.8, 4) is 11.5 Å². The van der Waals surface area contributed by atoms with Gasteiger partial charge in [0.05, 0.1) is 19.8 Å². The second-order valence-corrected chi connectivity index (χ2v) is 4.35. The number of benzene rings is 1. The molecule has 1 heterocycles. The monoisotopic (exact) mass is 288 g/mol. The molecule has 6 heteroatoms. The lowest BCUT2D eigenvalue weighted by Crippen LogP contribution is -2.26. The van der Waals surface area contributed by atoms with Crippen molar-refractivity contribution in [1.29, 1.82) is 0 Å². The molecule has 0 aliphatic carbocycles. The number of hydrogen-bond acceptors (Lipinski definition) is 4. The minimum Gasteiger partial charge on any atom is -0.493 e. The lowest BCUT2D eigenvalue weighted by atomic mass is 10.2. The molecular formula is C15H16N2O4. The number of anilines is 1. The van der Waals surface area contributed by atoms with Crippen molar-refractivity contribution in [2.24, 2.45) is 0 Å². The summed E-state index contributed by atoms with van der Waals surface area (Å²) in [6, 6.07) is 7.99. The van der Waals surface area contributed by atoms with Crippen LogP contribution in [-0.4, -0.2) is 32.2 Å². The van der Waals surface area contributed by atoms with Gasteiger partial charge in [0, 0.05) is 31.1 Å². The number of aromatic nitrogens is 1. The van der Waals surface area contributed by atoms with E-state index in [0.717, 1.165) is 0 Å². The smallest absolute Gasteiger partial charge is 0.259 e. The number of carbonyl (C=O) groups is 1. The van der Waals surface area contributed by atoms with Gasteiger partial charge in [-0.2, -0.15) is 0 Å². The van der Waals surface area contributed by atoms with Crippen molar-refractivity contribution in [3.63, 3.8) is 0 Å². The predicted molar refractivity (Wildman–Crippen MR) is 79.3 cm³/mol. The van der Waals surface area contributed by atoms with Crippen LogP contribution in [0.2, 0.25) is 0 Å². The van der Waals surface area contributed by atoms with Crippen LogP contribution in [0.3, 0.4) is 0 Å². The van der Waals surface area contributed by atoms with Crippen molar-refractivity contribution in [2.75, 3.05) is 26.2 Å². The summed E-state index contributed by atoms with van der Waals surface area (Å²) in [5.41, 5.74) is 0.802. The van der Waals surface area contributed by atoms with Crippen LogP contribution in [0.1, 0.15) is 10.4 Å². The van der Waals surface area contributed by atoms with Crippen molar-refractivity contribution in [2.45, 2.75) is 0 Å². The summed E-state index contributed by atoms with van der Waals surface area (Å²) in [5, 5.41) is 0. The lowest BCUT2D eigenvalue weighted by molar-refractivity contribution is 0.0992. The number of nitrogens with one attached hydrogen (secondary N) is 1. The molecule has 0 radical (unpaired) electrons. The van der Waals surface area contributed by atoms with E-state index in [0.29, 0.717) is 22.7 Å². The Kier molecular flexibility index (Phi) is 4.27. The fourth-order valence-corrected chi connectivity index (χ4v) is 1.89. The molecule has 1 aromatic heterocycles. The minimum absolute atomic E-state index is 0.238. The topological polar surface area (TPSA) is 71.6 Å². The van der Waals surface area contributed by atoms with E-state index in [9.17, 15) is 9.59 Å². The first-order valence-electron chi connectivity index (χ1n) is 6.25. The predicted octanol–water partition coefficient (Wildman–Crippen LogP) is 1.67. The molecule has 1 aromatic carbocycles. The number of hydrogen-bond donors (Lipinski definition) is 1. The second kappa shape index (κ2) is 6.13. The quantitative estimate of drug-likeness (QED) is 0.929. The zero-order valence-electron chi connectivity index (χ0n) is 12.0. The molecule has 0 bridgehead atoms. The molecule has 2 rings (SSSR count). The van der Waals surface area contributed by atoms with E-state index in [2.05, 4.69) is 4.98 Å². The van der Waals surface area contributed by atoms with Crippen molar-refractivity contribution >= 4 is 11.6 Å². The fourth-order valence-electron chi connectivity index (χ4n) is 1.89. The summed E-state index contributed by atoms with van der Waals surface area (Å²) in [5.74, 6) is 0.890. The fraction of sp³-hybridized carbons (Fsp3) is 0.200. The first kappa shape index (κ1) is 14.6. The van der Waals surface area contributed by atoms with Gasteiger partial charge in [0.1, 0.15) is 0 Å². The molecule has 0 aliphatic heterocycles. The lowest BCUT2D eigenvalue weighted by Gasteiger charge is -2.19. The van der Waals surface area contributed by atoms with Crippen molar-refractivity contribution in [1.82, 2.24) is 4.98 Å². The molecule has 0 aliphatic rings. The molecule has 0 saturated heterocycles. The zero-order chi connectivity index (χ0) is 15.4. The summed E-state index contributed by atoms with van der Waals surface area (Å²) in [6.45, 7) is 0. The summed E-state index contributed by atoms with van der Waals surface area (Å²) in [4.78, 5) is 27.3. The Balaban J connectivity index is 2.30. The summed E-state index contributed by atoms with van der Waals surface area (Å²) < 4.78 is 10.4. The van der Waals surface area contributed by atoms with E-state index in [4.69, 9.17) is 9.47 Å². The summed E-state index contributed by atoms with van der Waals surface area (Å²) in [6.07, 6.45) is 1.39. The van der Waals surface area contributed by atoms with Crippen molar-refractivity contribution in [3.05, 3.63) is 52.4 Å². The first-order chi connectivity index (χ1) is 10.1. The Morgan fingerprint density at radius 1 is 1.10 bits per heavy atom. The van der Waals surface area contributed by atoms with Gasteiger partial charge in [0.2, 0.25) is 5.56 Å². The third-order valence-electron chi connectivity index (χ3n) is 3.09. The van der Waals surface area contributed by atoms with Gasteiger partial charge < -0.3 is 19.4 Å². The van der Waals surface area contributed by atoms with Gasteiger partial charge in [-0.05, 0) is 18.2 Å². The van der Waals surface area contributed by atoms with Gasteiger partial charge in [-0.15, -0.1) is 0 Å². The van der Waals surface area contributed by atoms with E-state index < -0.39 is 0 Å². The summed E-state index contributed by atoms with van der Waals surface area (Å²) in [7, 11) is 4.73. The number of carbonyl (C=O) groups excluding carboxylic acids is 1. The highest BCUT2D eigenvalue weighted by molar-refractivity contribution is 6.05. The highest BCUT2D eigenvalue weighted by Gasteiger charge is 2.15. The standard InChI is InChI=1S/C15H16N2O4/c1-17(15(19)10-4-7-14(18)16-9-10)11-5-6-12(20-2)13(8-11)21-3/h4-9H,1-3H3,(H,16,18). The molecule has 0 spiro atoms. The maximum Gasteiger partial charge on any atom is 0.259 e. The number of ether oxygens (including phenoxy) is 2. The molecule has 6 nitrogen and oxygen atoms in total. The molecule has 21 heavy (non-hydrogen) atoms. The molecule has 110 valence electrons. The number of aromatic amines is 1. The molecule has 0 saturated carbocycles. The van der Waals surface area contributed by atoms with Gasteiger partial charge in [-0.25, -0.2) is 0 Å². The van der Waals surface area contributed by atoms with Gasteiger partial charge in [-0.1, -0.05) is 0 Å². The maximum atomic E-state index is 12.3. The van der Waals surface area contributed by atoms with Crippen LogP contribution >= 0.6 is 0 Å². The third-order valence-corrected chi connectivity index (χ3v) is 3.09. The molecule has 1 N–H and O–H groups in total. The maximum absolute atomic E-state index is 12.3. The van der Waals surface area contributed by atoms with E-state index in [-0.39, 0.29) is 11.5 Å². The molecule has 0 fully saturated rings. The Hall–Kier alpha value is -2.76. The van der Waals surface area contributed by atoms with Crippen LogP contribution < -0.4 is 19.9 Å². The number of rotatable bonds is 4. The molecule has 0 atom stereocenters. The normalized spacial score (nSPS) is 10.0. The van der Waals surface area contributed by atoms with Gasteiger partial charge in [-0.3, -0.25) is 9.59 Å². The van der Waals surface area contributed by atoms with Crippen LogP contribution in [0.4, 0.5) is 5.69 Å². The third kappa shape index (κ3) is 3.05. The minimum atomic E-state index is -0.250. The number of methoxy groups -OCH3 is 2. The highest BCUT2D eigenvalue weighted by atomic mass is 16.5. The number of amides is 1. The Morgan fingerprint density at radius 3 is 2.38 bits per heavy atom. The van der Waals surface area contributed by atoms with Crippen LogP contribution in [-0.2, 0) is 0 Å². The number of H-pyrrole nitrogens is 1. The first-order valence-corrected chi connectivity index (χ1v) is 6.25. The molecular weight excluding hydrogens is 272 g/mol. The Bertz CT molecular complexity index is 689. The van der Waals surface area contributed by atoms with E-state index in [1.54, 1.807) is 32.4 Å².